The largest absolute Gasteiger partial charge is 0.444 e. The Bertz CT molecular complexity index is 265. The molecule has 0 aliphatic carbocycles. The van der Waals surface area contributed by atoms with Crippen LogP contribution in [0.25, 0.3) is 0 Å². The molecule has 1 fully saturated rings. The van der Waals surface area contributed by atoms with Crippen molar-refractivity contribution >= 4 is 17.9 Å². The second-order valence-corrected chi connectivity index (χ2v) is 6.29. The van der Waals surface area contributed by atoms with Crippen molar-refractivity contribution in [1.82, 2.24) is 4.90 Å². The zero-order valence-electron chi connectivity index (χ0n) is 11.4. The molecule has 0 aromatic carbocycles. The molecule has 2 atom stereocenters. The maximum Gasteiger partial charge on any atom is 0.410 e. The topological polar surface area (TPSA) is 38.8 Å². The molecule has 1 saturated heterocycles. The van der Waals surface area contributed by atoms with Gasteiger partial charge in [0.05, 0.1) is 12.6 Å². The summed E-state index contributed by atoms with van der Waals surface area (Å²) in [5.41, 5.74) is -0.433. The van der Waals surface area contributed by atoms with Crippen LogP contribution in [-0.4, -0.2) is 54.9 Å². The van der Waals surface area contributed by atoms with Crippen LogP contribution < -0.4 is 0 Å². The third kappa shape index (κ3) is 4.39. The highest BCUT2D eigenvalue weighted by Gasteiger charge is 2.36. The third-order valence-corrected chi connectivity index (χ3v) is 3.48. The van der Waals surface area contributed by atoms with Crippen molar-refractivity contribution in [3.63, 3.8) is 0 Å². The number of rotatable bonds is 3. The maximum atomic E-state index is 11.9. The van der Waals surface area contributed by atoms with Gasteiger partial charge in [0.15, 0.2) is 0 Å². The van der Waals surface area contributed by atoms with Crippen LogP contribution in [0.4, 0.5) is 4.79 Å². The summed E-state index contributed by atoms with van der Waals surface area (Å²) in [4.78, 5) is 13.7. The lowest BCUT2D eigenvalue weighted by Crippen LogP contribution is -2.36. The average molecular weight is 261 g/mol. The van der Waals surface area contributed by atoms with E-state index < -0.39 is 5.60 Å². The predicted octanol–water partition coefficient (Wildman–Crippen LogP) is 2.23. The molecule has 0 bridgehead atoms. The number of hydrogen-bond acceptors (Lipinski definition) is 4. The Hall–Kier alpha value is -0.420. The summed E-state index contributed by atoms with van der Waals surface area (Å²) in [6, 6.07) is 0. The number of methoxy groups -OCH3 is 1. The molecule has 1 aliphatic heterocycles. The van der Waals surface area contributed by atoms with Crippen molar-refractivity contribution in [2.75, 3.05) is 32.2 Å². The van der Waals surface area contributed by atoms with E-state index in [2.05, 4.69) is 6.26 Å². The van der Waals surface area contributed by atoms with Gasteiger partial charge in [0, 0.05) is 25.3 Å². The molecule has 0 radical (unpaired) electrons. The number of hydrogen-bond donors (Lipinski definition) is 0. The Labute approximate surface area is 108 Å². The third-order valence-electron chi connectivity index (χ3n) is 2.72. The molecule has 17 heavy (non-hydrogen) atoms. The minimum atomic E-state index is -0.433. The second kappa shape index (κ2) is 5.96. The number of likely N-dealkylation sites (tertiary alicyclic amines) is 1. The second-order valence-electron chi connectivity index (χ2n) is 5.37. The fraction of sp³-hybridized carbons (Fsp3) is 0.917. The minimum absolute atomic E-state index is 0.134. The molecule has 0 N–H and O–H groups in total. The van der Waals surface area contributed by atoms with E-state index in [4.69, 9.17) is 9.47 Å². The van der Waals surface area contributed by atoms with Gasteiger partial charge in [0.2, 0.25) is 0 Å². The molecular weight excluding hydrogens is 238 g/mol. The van der Waals surface area contributed by atoms with E-state index in [0.717, 1.165) is 12.3 Å². The van der Waals surface area contributed by atoms with Gasteiger partial charge in [0.1, 0.15) is 5.60 Å². The number of carbonyl (C=O) groups is 1. The quantitative estimate of drug-likeness (QED) is 0.781. The normalized spacial score (nSPS) is 25.1. The predicted molar refractivity (Wildman–Crippen MR) is 70.5 cm³/mol. The van der Waals surface area contributed by atoms with E-state index in [0.29, 0.717) is 12.5 Å². The van der Waals surface area contributed by atoms with E-state index >= 15 is 0 Å². The Morgan fingerprint density at radius 2 is 2.06 bits per heavy atom. The summed E-state index contributed by atoms with van der Waals surface area (Å²) in [7, 11) is 1.70. The summed E-state index contributed by atoms with van der Waals surface area (Å²) >= 11 is 1.79. The number of nitrogens with zero attached hydrogens (tertiary/aromatic N) is 1. The van der Waals surface area contributed by atoms with Gasteiger partial charge in [0.25, 0.3) is 0 Å². The lowest BCUT2D eigenvalue weighted by Gasteiger charge is -2.24. The molecule has 4 nitrogen and oxygen atoms in total. The molecular formula is C12H23NO3S. The van der Waals surface area contributed by atoms with Gasteiger partial charge in [-0.3, -0.25) is 0 Å². The molecule has 100 valence electrons. The molecule has 0 spiro atoms. The van der Waals surface area contributed by atoms with Crippen molar-refractivity contribution in [3.8, 4) is 0 Å². The first-order valence-corrected chi connectivity index (χ1v) is 7.26. The van der Waals surface area contributed by atoms with Crippen molar-refractivity contribution in [1.29, 1.82) is 0 Å². The van der Waals surface area contributed by atoms with Crippen LogP contribution in [0, 0.1) is 5.92 Å². The van der Waals surface area contributed by atoms with Gasteiger partial charge < -0.3 is 14.4 Å². The Balaban J connectivity index is 2.54. The van der Waals surface area contributed by atoms with Crippen LogP contribution in [-0.2, 0) is 9.47 Å². The van der Waals surface area contributed by atoms with E-state index in [9.17, 15) is 4.79 Å². The van der Waals surface area contributed by atoms with Crippen LogP contribution in [0.3, 0.4) is 0 Å². The molecule has 5 heteroatoms. The molecule has 2 unspecified atom stereocenters. The zero-order valence-corrected chi connectivity index (χ0v) is 12.2. The number of carbonyl (C=O) groups excluding carboxylic acids is 1. The van der Waals surface area contributed by atoms with Crippen molar-refractivity contribution in [2.45, 2.75) is 32.5 Å². The van der Waals surface area contributed by atoms with Crippen LogP contribution in [0.2, 0.25) is 0 Å². The maximum absolute atomic E-state index is 11.9. The Kier molecular flexibility index (Phi) is 5.13. The number of thioether (sulfide) groups is 1. The van der Waals surface area contributed by atoms with Crippen molar-refractivity contribution in [3.05, 3.63) is 0 Å². The van der Waals surface area contributed by atoms with Gasteiger partial charge in [-0.05, 0) is 27.0 Å². The first-order chi connectivity index (χ1) is 7.87. The van der Waals surface area contributed by atoms with Crippen molar-refractivity contribution < 1.29 is 14.3 Å². The first kappa shape index (κ1) is 14.6. The summed E-state index contributed by atoms with van der Waals surface area (Å²) in [6.07, 6.45) is 1.97. The highest BCUT2D eigenvalue weighted by atomic mass is 32.2. The van der Waals surface area contributed by atoms with Crippen LogP contribution in [0.5, 0.6) is 0 Å². The van der Waals surface area contributed by atoms with Crippen molar-refractivity contribution in [2.24, 2.45) is 5.92 Å². The molecule has 0 saturated carbocycles. The average Bonchev–Trinajstić information content (AvgIpc) is 2.59. The summed E-state index contributed by atoms with van der Waals surface area (Å²) in [5.74, 6) is 1.42. The van der Waals surface area contributed by atoms with E-state index in [1.54, 1.807) is 23.8 Å². The number of ether oxygens (including phenoxy) is 2. The molecule has 0 aromatic rings. The van der Waals surface area contributed by atoms with E-state index in [1.807, 2.05) is 20.8 Å². The monoisotopic (exact) mass is 261 g/mol. The van der Waals surface area contributed by atoms with E-state index in [-0.39, 0.29) is 12.2 Å². The lowest BCUT2D eigenvalue weighted by atomic mass is 10.1. The lowest BCUT2D eigenvalue weighted by molar-refractivity contribution is 0.0252. The highest BCUT2D eigenvalue weighted by molar-refractivity contribution is 7.98. The van der Waals surface area contributed by atoms with Gasteiger partial charge >= 0.3 is 6.09 Å². The fourth-order valence-electron chi connectivity index (χ4n) is 1.96. The minimum Gasteiger partial charge on any atom is -0.444 e. The first-order valence-electron chi connectivity index (χ1n) is 5.87. The molecule has 1 rings (SSSR count). The molecule has 1 amide bonds. The molecule has 0 aromatic heterocycles. The summed E-state index contributed by atoms with van der Waals surface area (Å²) in [6.45, 7) is 7.02. The van der Waals surface area contributed by atoms with Crippen LogP contribution in [0.15, 0.2) is 0 Å². The smallest absolute Gasteiger partial charge is 0.410 e. The van der Waals surface area contributed by atoms with Gasteiger partial charge in [-0.1, -0.05) is 0 Å². The Morgan fingerprint density at radius 3 is 2.53 bits per heavy atom. The number of amides is 1. The van der Waals surface area contributed by atoms with E-state index in [1.165, 1.54) is 0 Å². The molecule has 1 aliphatic rings. The molecule has 1 heterocycles. The Morgan fingerprint density at radius 1 is 1.41 bits per heavy atom. The highest BCUT2D eigenvalue weighted by Crippen LogP contribution is 2.24. The van der Waals surface area contributed by atoms with Gasteiger partial charge in [-0.25, -0.2) is 4.79 Å². The van der Waals surface area contributed by atoms with Gasteiger partial charge in [-0.15, -0.1) is 0 Å². The SMILES string of the molecule is COC1CN(C(=O)OC(C)(C)C)CC1CSC. The summed E-state index contributed by atoms with van der Waals surface area (Å²) < 4.78 is 10.8. The zero-order chi connectivity index (χ0) is 13.1. The standard InChI is InChI=1S/C12H23NO3S/c1-12(2,3)16-11(14)13-6-9(8-17-5)10(7-13)15-4/h9-10H,6-8H2,1-5H3. The van der Waals surface area contributed by atoms with Crippen LogP contribution >= 0.6 is 11.8 Å². The van der Waals surface area contributed by atoms with Crippen LogP contribution in [0.1, 0.15) is 20.8 Å². The summed E-state index contributed by atoms with van der Waals surface area (Å²) in [5, 5.41) is 0. The fourth-order valence-corrected chi connectivity index (χ4v) is 2.71. The van der Waals surface area contributed by atoms with Gasteiger partial charge in [-0.2, -0.15) is 11.8 Å².